The lowest BCUT2D eigenvalue weighted by molar-refractivity contribution is 0.976. The van der Waals surface area contributed by atoms with Crippen LogP contribution in [0.5, 0.6) is 0 Å². The summed E-state index contributed by atoms with van der Waals surface area (Å²) in [7, 11) is 0. The predicted molar refractivity (Wildman–Crippen MR) is 61.3 cm³/mol. The summed E-state index contributed by atoms with van der Waals surface area (Å²) in [6.45, 7) is 0. The molecule has 0 fully saturated rings. The number of benzene rings is 1. The molecule has 0 aliphatic rings. The lowest BCUT2D eigenvalue weighted by atomic mass is 10.2. The fourth-order valence-corrected chi connectivity index (χ4v) is 1.90. The maximum absolute atomic E-state index is 4.33. The van der Waals surface area contributed by atoms with Gasteiger partial charge in [0.05, 0.1) is 0 Å². The summed E-state index contributed by atoms with van der Waals surface area (Å²) in [6.07, 6.45) is 1.95. The van der Waals surface area contributed by atoms with Crippen LogP contribution in [0.4, 0.5) is 0 Å². The Balaban J connectivity index is 2.44. The molecule has 0 unspecified atom stereocenters. The van der Waals surface area contributed by atoms with E-state index >= 15 is 0 Å². The summed E-state index contributed by atoms with van der Waals surface area (Å²) in [5.41, 5.74) is 1.03. The highest BCUT2D eigenvalue weighted by atomic mass is 79.9. The number of aromatic amines is 1. The number of rotatable bonds is 2. The van der Waals surface area contributed by atoms with E-state index in [0.29, 0.717) is 0 Å². The molecule has 2 rings (SSSR count). The van der Waals surface area contributed by atoms with Crippen LogP contribution in [-0.4, -0.2) is 21.4 Å². The van der Waals surface area contributed by atoms with Crippen molar-refractivity contribution in [2.24, 2.45) is 0 Å². The minimum absolute atomic E-state index is 0.760. The predicted octanol–water partition coefficient (Wildman–Crippen LogP) is 2.96. The molecule has 3 nitrogen and oxygen atoms in total. The van der Waals surface area contributed by atoms with Crippen LogP contribution in [0.15, 0.2) is 33.9 Å². The molecule has 2 aromatic rings. The molecular formula is C9H8BrN3S. The van der Waals surface area contributed by atoms with Gasteiger partial charge in [0, 0.05) is 10.0 Å². The Morgan fingerprint density at radius 3 is 2.79 bits per heavy atom. The number of hydrogen-bond donors (Lipinski definition) is 1. The normalized spacial score (nSPS) is 10.4. The van der Waals surface area contributed by atoms with Gasteiger partial charge in [-0.1, -0.05) is 45.9 Å². The molecule has 1 aromatic carbocycles. The van der Waals surface area contributed by atoms with Gasteiger partial charge in [-0.3, -0.25) is 5.10 Å². The number of nitrogens with one attached hydrogen (secondary N) is 1. The molecule has 72 valence electrons. The zero-order valence-corrected chi connectivity index (χ0v) is 9.89. The van der Waals surface area contributed by atoms with Gasteiger partial charge >= 0.3 is 0 Å². The van der Waals surface area contributed by atoms with E-state index < -0.39 is 0 Å². The first kappa shape index (κ1) is 9.73. The summed E-state index contributed by atoms with van der Waals surface area (Å²) in [5.74, 6) is 0.793. The van der Waals surface area contributed by atoms with Gasteiger partial charge in [-0.05, 0) is 12.3 Å². The molecule has 0 radical (unpaired) electrons. The minimum Gasteiger partial charge on any atom is -0.258 e. The molecule has 5 heteroatoms. The molecule has 0 saturated carbocycles. The van der Waals surface area contributed by atoms with Crippen LogP contribution < -0.4 is 0 Å². The van der Waals surface area contributed by atoms with E-state index in [4.69, 9.17) is 0 Å². The van der Waals surface area contributed by atoms with Gasteiger partial charge in [-0.15, -0.1) is 5.10 Å². The van der Waals surface area contributed by atoms with Gasteiger partial charge in [0.15, 0.2) is 5.82 Å². The zero-order valence-electron chi connectivity index (χ0n) is 7.49. The number of thioether (sulfide) groups is 1. The first-order valence-electron chi connectivity index (χ1n) is 4.02. The van der Waals surface area contributed by atoms with Crippen LogP contribution in [0.2, 0.25) is 0 Å². The molecule has 1 N–H and O–H groups in total. The standard InChI is InChI=1S/C9H8BrN3S/c1-14-9-11-8(12-13-9)6-4-2-3-5-7(6)10/h2-5H,1H3,(H,11,12,13). The Labute approximate surface area is 94.5 Å². The molecular weight excluding hydrogens is 262 g/mol. The van der Waals surface area contributed by atoms with E-state index in [2.05, 4.69) is 31.1 Å². The van der Waals surface area contributed by atoms with Crippen LogP contribution in [-0.2, 0) is 0 Å². The van der Waals surface area contributed by atoms with Gasteiger partial charge in [0.2, 0.25) is 5.16 Å². The van der Waals surface area contributed by atoms with Crippen molar-refractivity contribution in [1.29, 1.82) is 0 Å². The molecule has 1 aromatic heterocycles. The summed E-state index contributed by atoms with van der Waals surface area (Å²) in [6, 6.07) is 7.92. The number of H-pyrrole nitrogens is 1. The Kier molecular flexibility index (Phi) is 2.88. The van der Waals surface area contributed by atoms with E-state index in [1.54, 1.807) is 0 Å². The SMILES string of the molecule is CSc1n[nH]c(-c2ccccc2Br)n1. The van der Waals surface area contributed by atoms with E-state index in [9.17, 15) is 0 Å². The molecule has 0 atom stereocenters. The molecule has 0 saturated heterocycles. The number of aromatic nitrogens is 3. The molecule has 0 aliphatic carbocycles. The minimum atomic E-state index is 0.760. The molecule has 0 spiro atoms. The first-order valence-corrected chi connectivity index (χ1v) is 6.04. The first-order chi connectivity index (χ1) is 6.81. The summed E-state index contributed by atoms with van der Waals surface area (Å²) < 4.78 is 1.02. The average Bonchev–Trinajstić information content (AvgIpc) is 2.67. The highest BCUT2D eigenvalue weighted by Gasteiger charge is 2.06. The fraction of sp³-hybridized carbons (Fsp3) is 0.111. The Hall–Kier alpha value is -0.810. The molecule has 0 aliphatic heterocycles. The van der Waals surface area contributed by atoms with Crippen LogP contribution in [0.1, 0.15) is 0 Å². The molecule has 0 bridgehead atoms. The molecule has 0 amide bonds. The van der Waals surface area contributed by atoms with E-state index in [1.807, 2.05) is 30.5 Å². The van der Waals surface area contributed by atoms with Gasteiger partial charge in [0.25, 0.3) is 0 Å². The van der Waals surface area contributed by atoms with Crippen LogP contribution in [0, 0.1) is 0 Å². The second-order valence-electron chi connectivity index (χ2n) is 2.65. The molecule has 14 heavy (non-hydrogen) atoms. The summed E-state index contributed by atoms with van der Waals surface area (Å²) in [5, 5.41) is 7.72. The number of hydrogen-bond acceptors (Lipinski definition) is 3. The second kappa shape index (κ2) is 4.14. The smallest absolute Gasteiger partial charge is 0.208 e. The lowest BCUT2D eigenvalue weighted by Gasteiger charge is -1.97. The van der Waals surface area contributed by atoms with Gasteiger partial charge in [-0.25, -0.2) is 4.98 Å². The van der Waals surface area contributed by atoms with Gasteiger partial charge < -0.3 is 0 Å². The van der Waals surface area contributed by atoms with Crippen molar-refractivity contribution in [1.82, 2.24) is 15.2 Å². The van der Waals surface area contributed by atoms with Crippen molar-refractivity contribution in [2.45, 2.75) is 5.16 Å². The third-order valence-corrected chi connectivity index (χ3v) is 3.02. The summed E-state index contributed by atoms with van der Waals surface area (Å²) in [4.78, 5) is 4.33. The number of halogens is 1. The van der Waals surface area contributed by atoms with E-state index in [-0.39, 0.29) is 0 Å². The van der Waals surface area contributed by atoms with Crippen molar-refractivity contribution in [2.75, 3.05) is 6.26 Å². The Morgan fingerprint density at radius 1 is 1.36 bits per heavy atom. The Bertz CT molecular complexity index is 441. The van der Waals surface area contributed by atoms with Crippen LogP contribution >= 0.6 is 27.7 Å². The average molecular weight is 270 g/mol. The van der Waals surface area contributed by atoms with Crippen molar-refractivity contribution in [3.8, 4) is 11.4 Å². The van der Waals surface area contributed by atoms with Crippen LogP contribution in [0.3, 0.4) is 0 Å². The van der Waals surface area contributed by atoms with E-state index in [1.165, 1.54) is 11.8 Å². The lowest BCUT2D eigenvalue weighted by Crippen LogP contribution is -1.81. The topological polar surface area (TPSA) is 41.6 Å². The zero-order chi connectivity index (χ0) is 9.97. The van der Waals surface area contributed by atoms with Crippen molar-refractivity contribution in [3.63, 3.8) is 0 Å². The molecule has 1 heterocycles. The van der Waals surface area contributed by atoms with Crippen molar-refractivity contribution < 1.29 is 0 Å². The summed E-state index contributed by atoms with van der Waals surface area (Å²) >= 11 is 4.99. The highest BCUT2D eigenvalue weighted by Crippen LogP contribution is 2.25. The maximum atomic E-state index is 4.33. The monoisotopic (exact) mass is 269 g/mol. The van der Waals surface area contributed by atoms with Crippen molar-refractivity contribution >= 4 is 27.7 Å². The quantitative estimate of drug-likeness (QED) is 0.853. The third-order valence-electron chi connectivity index (χ3n) is 1.78. The maximum Gasteiger partial charge on any atom is 0.208 e. The van der Waals surface area contributed by atoms with Gasteiger partial charge in [-0.2, -0.15) is 0 Å². The largest absolute Gasteiger partial charge is 0.258 e. The fourth-order valence-electron chi connectivity index (χ4n) is 1.11. The van der Waals surface area contributed by atoms with E-state index in [0.717, 1.165) is 21.0 Å². The third kappa shape index (κ3) is 1.83. The van der Waals surface area contributed by atoms with Crippen LogP contribution in [0.25, 0.3) is 11.4 Å². The number of nitrogens with zero attached hydrogens (tertiary/aromatic N) is 2. The van der Waals surface area contributed by atoms with Crippen molar-refractivity contribution in [3.05, 3.63) is 28.7 Å². The second-order valence-corrected chi connectivity index (χ2v) is 4.28. The van der Waals surface area contributed by atoms with Gasteiger partial charge in [0.1, 0.15) is 0 Å². The Morgan fingerprint density at radius 2 is 2.14 bits per heavy atom. The highest BCUT2D eigenvalue weighted by molar-refractivity contribution is 9.10.